The highest BCUT2D eigenvalue weighted by Crippen LogP contribution is 2.12. The lowest BCUT2D eigenvalue weighted by Crippen LogP contribution is -2.27. The SMILES string of the molecule is CSc1nc(C)c(CCC(=O)N(C)Cc2cnn(-c3ccccc3)c2)c(=O)[nH]1. The van der Waals surface area contributed by atoms with Gasteiger partial charge in [-0.1, -0.05) is 30.0 Å². The van der Waals surface area contributed by atoms with E-state index in [9.17, 15) is 9.59 Å². The van der Waals surface area contributed by atoms with E-state index >= 15 is 0 Å². The van der Waals surface area contributed by atoms with Gasteiger partial charge < -0.3 is 9.88 Å². The highest BCUT2D eigenvalue weighted by atomic mass is 32.2. The van der Waals surface area contributed by atoms with Crippen LogP contribution >= 0.6 is 11.8 Å². The molecule has 28 heavy (non-hydrogen) atoms. The summed E-state index contributed by atoms with van der Waals surface area (Å²) in [7, 11) is 1.76. The zero-order valence-corrected chi connectivity index (χ0v) is 17.0. The van der Waals surface area contributed by atoms with Crippen LogP contribution in [0.3, 0.4) is 0 Å². The Labute approximate surface area is 167 Å². The summed E-state index contributed by atoms with van der Waals surface area (Å²) < 4.78 is 1.79. The Morgan fingerprint density at radius 2 is 2.04 bits per heavy atom. The third-order valence-corrected chi connectivity index (χ3v) is 5.07. The lowest BCUT2D eigenvalue weighted by molar-refractivity contribution is -0.130. The highest BCUT2D eigenvalue weighted by molar-refractivity contribution is 7.98. The third kappa shape index (κ3) is 4.69. The molecule has 0 aliphatic rings. The summed E-state index contributed by atoms with van der Waals surface area (Å²) in [4.78, 5) is 33.4. The van der Waals surface area contributed by atoms with Crippen molar-refractivity contribution in [2.45, 2.75) is 31.5 Å². The van der Waals surface area contributed by atoms with Gasteiger partial charge in [-0.15, -0.1) is 0 Å². The quantitative estimate of drug-likeness (QED) is 0.489. The standard InChI is InChI=1S/C20H23N5O2S/c1-14-17(19(27)23-20(22-14)28-3)9-10-18(26)24(2)12-15-11-21-25(13-15)16-7-5-4-6-8-16/h4-8,11,13H,9-10,12H2,1-3H3,(H,22,23,27). The van der Waals surface area contributed by atoms with Crippen LogP contribution in [0.1, 0.15) is 23.2 Å². The number of aromatic amines is 1. The van der Waals surface area contributed by atoms with E-state index in [1.54, 1.807) is 29.7 Å². The number of hydrogen-bond acceptors (Lipinski definition) is 5. The molecule has 8 heteroatoms. The summed E-state index contributed by atoms with van der Waals surface area (Å²) in [6, 6.07) is 9.81. The topological polar surface area (TPSA) is 83.9 Å². The maximum atomic E-state index is 12.5. The summed E-state index contributed by atoms with van der Waals surface area (Å²) in [6.45, 7) is 2.27. The molecule has 1 N–H and O–H groups in total. The summed E-state index contributed by atoms with van der Waals surface area (Å²) in [6.07, 6.45) is 6.16. The van der Waals surface area contributed by atoms with Crippen molar-refractivity contribution in [3.05, 3.63) is 69.9 Å². The molecular weight excluding hydrogens is 374 g/mol. The number of aromatic nitrogens is 4. The number of aryl methyl sites for hydroxylation is 1. The number of nitrogens with one attached hydrogen (secondary N) is 1. The largest absolute Gasteiger partial charge is 0.341 e. The summed E-state index contributed by atoms with van der Waals surface area (Å²) in [5, 5.41) is 4.94. The van der Waals surface area contributed by atoms with E-state index in [2.05, 4.69) is 15.1 Å². The van der Waals surface area contributed by atoms with Crippen LogP contribution in [0.4, 0.5) is 0 Å². The second-order valence-corrected chi connectivity index (χ2v) is 7.31. The number of thioether (sulfide) groups is 1. The minimum atomic E-state index is -0.170. The lowest BCUT2D eigenvalue weighted by Gasteiger charge is -2.16. The molecule has 146 valence electrons. The first kappa shape index (κ1) is 19.9. The molecule has 0 aliphatic heterocycles. The average molecular weight is 398 g/mol. The fourth-order valence-electron chi connectivity index (χ4n) is 2.92. The Hall–Kier alpha value is -2.87. The Balaban J connectivity index is 1.60. The first-order valence-corrected chi connectivity index (χ1v) is 10.2. The summed E-state index contributed by atoms with van der Waals surface area (Å²) in [5.74, 6) is -0.0276. The normalized spacial score (nSPS) is 10.8. The minimum Gasteiger partial charge on any atom is -0.341 e. The number of amides is 1. The van der Waals surface area contributed by atoms with Gasteiger partial charge in [0.05, 0.1) is 11.9 Å². The van der Waals surface area contributed by atoms with Gasteiger partial charge in [0.2, 0.25) is 5.91 Å². The molecule has 0 fully saturated rings. The van der Waals surface area contributed by atoms with Crippen molar-refractivity contribution in [3.63, 3.8) is 0 Å². The second kappa shape index (κ2) is 8.88. The molecule has 3 rings (SSSR count). The zero-order chi connectivity index (χ0) is 20.1. The zero-order valence-electron chi connectivity index (χ0n) is 16.2. The van der Waals surface area contributed by atoms with Crippen LogP contribution in [0.25, 0.3) is 5.69 Å². The highest BCUT2D eigenvalue weighted by Gasteiger charge is 2.14. The van der Waals surface area contributed by atoms with Crippen LogP contribution < -0.4 is 5.56 Å². The van der Waals surface area contributed by atoms with Crippen molar-refractivity contribution < 1.29 is 4.79 Å². The van der Waals surface area contributed by atoms with E-state index in [-0.39, 0.29) is 17.9 Å². The van der Waals surface area contributed by atoms with Gasteiger partial charge in [-0.2, -0.15) is 5.10 Å². The number of carbonyl (C=O) groups excluding carboxylic acids is 1. The molecule has 1 aromatic carbocycles. The smallest absolute Gasteiger partial charge is 0.254 e. The van der Waals surface area contributed by atoms with E-state index in [0.29, 0.717) is 29.4 Å². The second-order valence-electron chi connectivity index (χ2n) is 6.52. The Kier molecular flexibility index (Phi) is 6.30. The van der Waals surface area contributed by atoms with Crippen LogP contribution in [0.15, 0.2) is 52.7 Å². The van der Waals surface area contributed by atoms with E-state index in [0.717, 1.165) is 11.3 Å². The molecule has 0 aliphatic carbocycles. The molecule has 7 nitrogen and oxygen atoms in total. The van der Waals surface area contributed by atoms with Crippen LogP contribution in [-0.4, -0.2) is 43.9 Å². The maximum Gasteiger partial charge on any atom is 0.254 e. The fraction of sp³-hybridized carbons (Fsp3) is 0.300. The van der Waals surface area contributed by atoms with E-state index < -0.39 is 0 Å². The molecule has 2 aromatic heterocycles. The van der Waals surface area contributed by atoms with Crippen molar-refractivity contribution in [1.29, 1.82) is 0 Å². The summed E-state index contributed by atoms with van der Waals surface area (Å²) in [5.41, 5.74) is 2.99. The Bertz CT molecular complexity index is 1010. The van der Waals surface area contributed by atoms with Gasteiger partial charge in [0.1, 0.15) is 0 Å². The molecule has 0 saturated heterocycles. The van der Waals surface area contributed by atoms with Gasteiger partial charge in [0, 0.05) is 43.0 Å². The minimum absolute atomic E-state index is 0.0276. The van der Waals surface area contributed by atoms with Gasteiger partial charge in [0.25, 0.3) is 5.56 Å². The lowest BCUT2D eigenvalue weighted by atomic mass is 10.1. The van der Waals surface area contributed by atoms with Gasteiger partial charge in [-0.05, 0) is 31.7 Å². The van der Waals surface area contributed by atoms with Crippen molar-refractivity contribution >= 4 is 17.7 Å². The molecular formula is C20H23N5O2S. The van der Waals surface area contributed by atoms with Gasteiger partial charge in [-0.25, -0.2) is 9.67 Å². The van der Waals surface area contributed by atoms with Crippen LogP contribution in [-0.2, 0) is 17.8 Å². The molecule has 2 heterocycles. The molecule has 0 atom stereocenters. The van der Waals surface area contributed by atoms with Crippen molar-refractivity contribution in [2.24, 2.45) is 0 Å². The van der Waals surface area contributed by atoms with Crippen molar-refractivity contribution in [1.82, 2.24) is 24.6 Å². The average Bonchev–Trinajstić information content (AvgIpc) is 3.16. The molecule has 3 aromatic rings. The fourth-order valence-corrected chi connectivity index (χ4v) is 3.35. The Morgan fingerprint density at radius 1 is 1.29 bits per heavy atom. The maximum absolute atomic E-state index is 12.5. The summed E-state index contributed by atoms with van der Waals surface area (Å²) >= 11 is 1.39. The first-order chi connectivity index (χ1) is 13.5. The number of rotatable bonds is 7. The third-order valence-electron chi connectivity index (χ3n) is 4.49. The number of nitrogens with zero attached hydrogens (tertiary/aromatic N) is 4. The van der Waals surface area contributed by atoms with Gasteiger partial charge >= 0.3 is 0 Å². The van der Waals surface area contributed by atoms with Crippen LogP contribution in [0, 0.1) is 6.92 Å². The molecule has 0 saturated carbocycles. The molecule has 0 bridgehead atoms. The predicted molar refractivity (Wildman–Crippen MR) is 110 cm³/mol. The molecule has 0 spiro atoms. The molecule has 0 unspecified atom stereocenters. The molecule has 0 radical (unpaired) electrons. The first-order valence-electron chi connectivity index (χ1n) is 8.94. The van der Waals surface area contributed by atoms with E-state index in [1.807, 2.05) is 42.8 Å². The monoisotopic (exact) mass is 397 g/mol. The number of benzene rings is 1. The van der Waals surface area contributed by atoms with Crippen molar-refractivity contribution in [2.75, 3.05) is 13.3 Å². The van der Waals surface area contributed by atoms with Gasteiger partial charge in [0.15, 0.2) is 5.16 Å². The van der Waals surface area contributed by atoms with Crippen LogP contribution in [0.2, 0.25) is 0 Å². The van der Waals surface area contributed by atoms with E-state index in [1.165, 1.54) is 11.8 Å². The number of H-pyrrole nitrogens is 1. The predicted octanol–water partition coefficient (Wildman–Crippen LogP) is 2.58. The number of hydrogen-bond donors (Lipinski definition) is 1. The van der Waals surface area contributed by atoms with Crippen LogP contribution in [0.5, 0.6) is 0 Å². The van der Waals surface area contributed by atoms with Gasteiger partial charge in [-0.3, -0.25) is 9.59 Å². The van der Waals surface area contributed by atoms with Crippen molar-refractivity contribution in [3.8, 4) is 5.69 Å². The number of carbonyl (C=O) groups is 1. The Morgan fingerprint density at radius 3 is 2.71 bits per heavy atom. The molecule has 1 amide bonds. The number of para-hydroxylation sites is 1. The van der Waals surface area contributed by atoms with E-state index in [4.69, 9.17) is 0 Å².